The lowest BCUT2D eigenvalue weighted by atomic mass is 10.1. The van der Waals surface area contributed by atoms with Gasteiger partial charge in [0.1, 0.15) is 11.3 Å². The van der Waals surface area contributed by atoms with E-state index in [1.807, 2.05) is 25.1 Å². The molecule has 19 heavy (non-hydrogen) atoms. The Morgan fingerprint density at radius 1 is 1.37 bits per heavy atom. The maximum atomic E-state index is 11.4. The van der Waals surface area contributed by atoms with E-state index >= 15 is 0 Å². The lowest BCUT2D eigenvalue weighted by molar-refractivity contribution is 0.331. The fourth-order valence-corrected chi connectivity index (χ4v) is 1.90. The number of fused-ring (bicyclic) bond motifs is 1. The van der Waals surface area contributed by atoms with E-state index in [0.717, 1.165) is 16.5 Å². The monoisotopic (exact) mass is 260 g/mol. The SMILES string of the molecule is COc1ccc2ccc(=O)oc2c1C/C=C(\C)CO. The highest BCUT2D eigenvalue weighted by atomic mass is 16.5. The van der Waals surface area contributed by atoms with Gasteiger partial charge in [-0.25, -0.2) is 4.79 Å². The third-order valence-electron chi connectivity index (χ3n) is 2.97. The van der Waals surface area contributed by atoms with E-state index in [1.54, 1.807) is 13.2 Å². The van der Waals surface area contributed by atoms with Gasteiger partial charge in [-0.3, -0.25) is 0 Å². The second kappa shape index (κ2) is 5.71. The molecule has 1 aromatic carbocycles. The average molecular weight is 260 g/mol. The van der Waals surface area contributed by atoms with Crippen molar-refractivity contribution in [1.29, 1.82) is 0 Å². The number of benzene rings is 1. The highest BCUT2D eigenvalue weighted by Gasteiger charge is 2.10. The minimum atomic E-state index is -0.384. The average Bonchev–Trinajstić information content (AvgIpc) is 2.44. The summed E-state index contributed by atoms with van der Waals surface area (Å²) >= 11 is 0. The third kappa shape index (κ3) is 2.85. The first-order valence-corrected chi connectivity index (χ1v) is 6.02. The van der Waals surface area contributed by atoms with Crippen molar-refractivity contribution in [2.45, 2.75) is 13.3 Å². The Balaban J connectivity index is 2.60. The molecule has 0 amide bonds. The molecular formula is C15H16O4. The summed E-state index contributed by atoms with van der Waals surface area (Å²) in [6, 6.07) is 6.82. The van der Waals surface area contributed by atoms with Crippen molar-refractivity contribution in [2.24, 2.45) is 0 Å². The van der Waals surface area contributed by atoms with E-state index in [1.165, 1.54) is 6.07 Å². The van der Waals surface area contributed by atoms with Crippen LogP contribution in [0.15, 0.2) is 45.1 Å². The van der Waals surface area contributed by atoms with E-state index in [2.05, 4.69) is 0 Å². The van der Waals surface area contributed by atoms with Gasteiger partial charge in [0, 0.05) is 17.0 Å². The molecule has 2 rings (SSSR count). The van der Waals surface area contributed by atoms with E-state index in [-0.39, 0.29) is 12.2 Å². The normalized spacial score (nSPS) is 11.8. The summed E-state index contributed by atoms with van der Waals surface area (Å²) in [6.45, 7) is 1.85. The molecule has 0 aliphatic carbocycles. The maximum absolute atomic E-state index is 11.4. The maximum Gasteiger partial charge on any atom is 0.336 e. The van der Waals surface area contributed by atoms with Crippen LogP contribution in [0.1, 0.15) is 12.5 Å². The van der Waals surface area contributed by atoms with Gasteiger partial charge in [0.15, 0.2) is 0 Å². The van der Waals surface area contributed by atoms with Gasteiger partial charge in [-0.15, -0.1) is 0 Å². The van der Waals surface area contributed by atoms with Gasteiger partial charge >= 0.3 is 5.63 Å². The Labute approximate surface area is 110 Å². The van der Waals surface area contributed by atoms with Crippen molar-refractivity contribution in [3.63, 3.8) is 0 Å². The van der Waals surface area contributed by atoms with Gasteiger partial charge < -0.3 is 14.3 Å². The number of hydrogen-bond donors (Lipinski definition) is 1. The van der Waals surface area contributed by atoms with Crippen molar-refractivity contribution >= 4 is 11.0 Å². The zero-order valence-corrected chi connectivity index (χ0v) is 11.0. The van der Waals surface area contributed by atoms with Crippen LogP contribution in [0.25, 0.3) is 11.0 Å². The summed E-state index contributed by atoms with van der Waals surface area (Å²) in [7, 11) is 1.58. The molecule has 0 atom stereocenters. The highest BCUT2D eigenvalue weighted by molar-refractivity contribution is 5.82. The molecule has 0 bridgehead atoms. The quantitative estimate of drug-likeness (QED) is 0.676. The summed E-state index contributed by atoms with van der Waals surface area (Å²) in [4.78, 5) is 11.4. The number of aliphatic hydroxyl groups excluding tert-OH is 1. The first-order chi connectivity index (χ1) is 9.15. The van der Waals surface area contributed by atoms with Crippen LogP contribution >= 0.6 is 0 Å². The Hall–Kier alpha value is -2.07. The largest absolute Gasteiger partial charge is 0.496 e. The molecule has 1 N–H and O–H groups in total. The van der Waals surface area contributed by atoms with Crippen LogP contribution in [0.4, 0.5) is 0 Å². The van der Waals surface area contributed by atoms with Crippen LogP contribution in [-0.4, -0.2) is 18.8 Å². The molecule has 0 fully saturated rings. The molecule has 4 nitrogen and oxygen atoms in total. The van der Waals surface area contributed by atoms with E-state index in [4.69, 9.17) is 14.3 Å². The van der Waals surface area contributed by atoms with Crippen LogP contribution in [0.2, 0.25) is 0 Å². The molecule has 1 aromatic heterocycles. The lowest BCUT2D eigenvalue weighted by Crippen LogP contribution is -1.99. The van der Waals surface area contributed by atoms with Crippen molar-refractivity contribution in [1.82, 2.24) is 0 Å². The minimum Gasteiger partial charge on any atom is -0.496 e. The molecular weight excluding hydrogens is 244 g/mol. The van der Waals surface area contributed by atoms with E-state index in [9.17, 15) is 4.79 Å². The predicted octanol–water partition coefficient (Wildman–Crippen LogP) is 2.28. The topological polar surface area (TPSA) is 59.7 Å². The van der Waals surface area contributed by atoms with Gasteiger partial charge in [0.25, 0.3) is 0 Å². The Kier molecular flexibility index (Phi) is 4.02. The number of aliphatic hydroxyl groups is 1. The molecule has 0 aliphatic rings. The minimum absolute atomic E-state index is 0.0109. The molecule has 0 unspecified atom stereocenters. The predicted molar refractivity (Wildman–Crippen MR) is 73.6 cm³/mol. The number of hydrogen-bond acceptors (Lipinski definition) is 4. The van der Waals surface area contributed by atoms with Gasteiger partial charge in [0.05, 0.1) is 13.7 Å². The van der Waals surface area contributed by atoms with Gasteiger partial charge in [-0.1, -0.05) is 11.6 Å². The molecule has 0 radical (unpaired) electrons. The first-order valence-electron chi connectivity index (χ1n) is 6.02. The standard InChI is InChI=1S/C15H16O4/c1-10(9-16)3-6-12-13(18-2)7-4-11-5-8-14(17)19-15(11)12/h3-5,7-8,16H,6,9H2,1-2H3/b10-3+. The van der Waals surface area contributed by atoms with Crippen LogP contribution in [-0.2, 0) is 6.42 Å². The number of rotatable bonds is 4. The molecule has 100 valence electrons. The van der Waals surface area contributed by atoms with Crippen LogP contribution in [0.3, 0.4) is 0 Å². The summed E-state index contributed by atoms with van der Waals surface area (Å²) in [5.41, 5.74) is 1.82. The highest BCUT2D eigenvalue weighted by Crippen LogP contribution is 2.28. The number of methoxy groups -OCH3 is 1. The smallest absolute Gasteiger partial charge is 0.336 e. The fourth-order valence-electron chi connectivity index (χ4n) is 1.90. The summed E-state index contributed by atoms with van der Waals surface area (Å²) in [6.07, 6.45) is 2.43. The van der Waals surface area contributed by atoms with Crippen molar-refractivity contribution in [3.8, 4) is 5.75 Å². The third-order valence-corrected chi connectivity index (χ3v) is 2.97. The van der Waals surface area contributed by atoms with Crippen LogP contribution in [0, 0.1) is 0 Å². The number of ether oxygens (including phenoxy) is 1. The second-order valence-corrected chi connectivity index (χ2v) is 4.33. The summed E-state index contributed by atoms with van der Waals surface area (Å²) in [5, 5.41) is 9.88. The lowest BCUT2D eigenvalue weighted by Gasteiger charge is -2.09. The molecule has 2 aromatic rings. The van der Waals surface area contributed by atoms with E-state index in [0.29, 0.717) is 17.8 Å². The van der Waals surface area contributed by atoms with Gasteiger partial charge in [0.2, 0.25) is 0 Å². The second-order valence-electron chi connectivity index (χ2n) is 4.33. The molecule has 0 spiro atoms. The first kappa shape index (κ1) is 13.4. The molecule has 0 aliphatic heterocycles. The van der Waals surface area contributed by atoms with Gasteiger partial charge in [-0.2, -0.15) is 0 Å². The molecule has 4 heteroatoms. The van der Waals surface area contributed by atoms with Crippen molar-refractivity contribution < 1.29 is 14.3 Å². The number of allylic oxidation sites excluding steroid dienone is 1. The Morgan fingerprint density at radius 3 is 2.79 bits per heavy atom. The summed E-state index contributed by atoms with van der Waals surface area (Å²) in [5.74, 6) is 0.670. The molecule has 0 saturated heterocycles. The van der Waals surface area contributed by atoms with E-state index < -0.39 is 0 Å². The fraction of sp³-hybridized carbons (Fsp3) is 0.267. The Bertz CT molecular complexity index is 667. The van der Waals surface area contributed by atoms with Crippen LogP contribution < -0.4 is 10.4 Å². The Morgan fingerprint density at radius 2 is 2.11 bits per heavy atom. The zero-order valence-electron chi connectivity index (χ0n) is 11.0. The van der Waals surface area contributed by atoms with Gasteiger partial charge in [-0.05, 0) is 31.5 Å². The molecule has 1 heterocycles. The van der Waals surface area contributed by atoms with Crippen LogP contribution in [0.5, 0.6) is 5.75 Å². The van der Waals surface area contributed by atoms with Crippen molar-refractivity contribution in [3.05, 3.63) is 51.9 Å². The van der Waals surface area contributed by atoms with Crippen molar-refractivity contribution in [2.75, 3.05) is 13.7 Å². The zero-order chi connectivity index (χ0) is 13.8. The summed E-state index contributed by atoms with van der Waals surface area (Å²) < 4.78 is 10.6. The molecule has 0 saturated carbocycles.